The molecule has 0 spiro atoms. The highest BCUT2D eigenvalue weighted by Gasteiger charge is 2.32. The molecular formula is C20H23N3O5S. The van der Waals surface area contributed by atoms with Crippen LogP contribution in [0.25, 0.3) is 0 Å². The van der Waals surface area contributed by atoms with Crippen molar-refractivity contribution >= 4 is 33.0 Å². The number of nitro benzene ring substituents is 1. The first-order chi connectivity index (χ1) is 13.4. The second-order valence-electron chi connectivity index (χ2n) is 8.11. The van der Waals surface area contributed by atoms with Crippen molar-refractivity contribution in [3.8, 4) is 0 Å². The van der Waals surface area contributed by atoms with E-state index in [0.29, 0.717) is 29.9 Å². The lowest BCUT2D eigenvalue weighted by Crippen LogP contribution is -2.38. The Kier molecular flexibility index (Phi) is 5.12. The van der Waals surface area contributed by atoms with Gasteiger partial charge in [-0.15, -0.1) is 0 Å². The molecule has 0 aromatic heterocycles. The van der Waals surface area contributed by atoms with E-state index in [9.17, 15) is 23.3 Å². The van der Waals surface area contributed by atoms with Crippen LogP contribution in [-0.4, -0.2) is 25.8 Å². The van der Waals surface area contributed by atoms with E-state index in [4.69, 9.17) is 0 Å². The molecule has 1 aliphatic rings. The number of sulfonamides is 1. The SMILES string of the molecule is Cc1ccc([N+](=O)[O-])cc1S(=O)(=O)Nc1ccc2c(c1)N(C(=O)C(C)(C)C)CC2. The Morgan fingerprint density at radius 3 is 2.48 bits per heavy atom. The van der Waals surface area contributed by atoms with Gasteiger partial charge in [-0.1, -0.05) is 32.9 Å². The van der Waals surface area contributed by atoms with Crippen molar-refractivity contribution in [2.75, 3.05) is 16.2 Å². The number of carbonyl (C=O) groups is 1. The highest BCUT2D eigenvalue weighted by Crippen LogP contribution is 2.35. The Balaban J connectivity index is 1.95. The number of nitrogens with zero attached hydrogens (tertiary/aromatic N) is 2. The number of hydrogen-bond donors (Lipinski definition) is 1. The predicted octanol–water partition coefficient (Wildman–Crippen LogP) is 3.64. The molecule has 0 aliphatic carbocycles. The van der Waals surface area contributed by atoms with Gasteiger partial charge in [-0.05, 0) is 36.6 Å². The monoisotopic (exact) mass is 417 g/mol. The molecule has 2 aromatic carbocycles. The van der Waals surface area contributed by atoms with Gasteiger partial charge in [0.25, 0.3) is 15.7 Å². The van der Waals surface area contributed by atoms with Gasteiger partial charge in [0.15, 0.2) is 0 Å². The van der Waals surface area contributed by atoms with E-state index in [0.717, 1.165) is 11.6 Å². The topological polar surface area (TPSA) is 110 Å². The van der Waals surface area contributed by atoms with Gasteiger partial charge in [-0.3, -0.25) is 19.6 Å². The number of rotatable bonds is 4. The van der Waals surface area contributed by atoms with E-state index in [2.05, 4.69) is 4.72 Å². The van der Waals surface area contributed by atoms with Crippen LogP contribution >= 0.6 is 0 Å². The number of hydrogen-bond acceptors (Lipinski definition) is 5. The summed E-state index contributed by atoms with van der Waals surface area (Å²) in [5.74, 6) is -0.0363. The number of fused-ring (bicyclic) bond motifs is 1. The van der Waals surface area contributed by atoms with E-state index >= 15 is 0 Å². The van der Waals surface area contributed by atoms with Crippen LogP contribution in [0.2, 0.25) is 0 Å². The summed E-state index contributed by atoms with van der Waals surface area (Å²) < 4.78 is 28.2. The van der Waals surface area contributed by atoms with Crippen LogP contribution in [0.4, 0.5) is 17.1 Å². The van der Waals surface area contributed by atoms with Crippen LogP contribution in [0.1, 0.15) is 31.9 Å². The van der Waals surface area contributed by atoms with Crippen molar-refractivity contribution < 1.29 is 18.1 Å². The fourth-order valence-electron chi connectivity index (χ4n) is 3.26. The lowest BCUT2D eigenvalue weighted by atomic mass is 9.94. The molecule has 1 heterocycles. The van der Waals surface area contributed by atoms with Gasteiger partial charge in [-0.2, -0.15) is 0 Å². The predicted molar refractivity (Wildman–Crippen MR) is 111 cm³/mol. The molecule has 2 aromatic rings. The van der Waals surface area contributed by atoms with Crippen molar-refractivity contribution in [1.29, 1.82) is 0 Å². The fraction of sp³-hybridized carbons (Fsp3) is 0.350. The number of benzene rings is 2. The van der Waals surface area contributed by atoms with Crippen molar-refractivity contribution in [1.82, 2.24) is 0 Å². The minimum Gasteiger partial charge on any atom is -0.311 e. The van der Waals surface area contributed by atoms with Gasteiger partial charge < -0.3 is 4.90 Å². The fourth-order valence-corrected chi connectivity index (χ4v) is 4.58. The third-order valence-electron chi connectivity index (χ3n) is 4.79. The zero-order chi connectivity index (χ0) is 21.6. The Morgan fingerprint density at radius 1 is 1.17 bits per heavy atom. The normalized spacial score (nSPS) is 13.9. The zero-order valence-electron chi connectivity index (χ0n) is 16.7. The second kappa shape index (κ2) is 7.14. The molecule has 0 fully saturated rings. The number of non-ortho nitro benzene ring substituents is 1. The Morgan fingerprint density at radius 2 is 1.86 bits per heavy atom. The largest absolute Gasteiger partial charge is 0.311 e. The Hall–Kier alpha value is -2.94. The van der Waals surface area contributed by atoms with Gasteiger partial charge >= 0.3 is 0 Å². The first-order valence-electron chi connectivity index (χ1n) is 9.13. The summed E-state index contributed by atoms with van der Waals surface area (Å²) in [6, 6.07) is 8.77. The molecule has 9 heteroatoms. The zero-order valence-corrected chi connectivity index (χ0v) is 17.5. The lowest BCUT2D eigenvalue weighted by molar-refractivity contribution is -0.385. The average molecular weight is 417 g/mol. The lowest BCUT2D eigenvalue weighted by Gasteiger charge is -2.26. The summed E-state index contributed by atoms with van der Waals surface area (Å²) in [5.41, 5.74) is 1.49. The molecule has 29 heavy (non-hydrogen) atoms. The molecule has 0 unspecified atom stereocenters. The number of amides is 1. The third-order valence-corrected chi connectivity index (χ3v) is 6.32. The summed E-state index contributed by atoms with van der Waals surface area (Å²) in [7, 11) is -4.04. The van der Waals surface area contributed by atoms with Gasteiger partial charge in [0.1, 0.15) is 0 Å². The van der Waals surface area contributed by atoms with Gasteiger partial charge in [0.05, 0.1) is 15.5 Å². The highest BCUT2D eigenvalue weighted by atomic mass is 32.2. The maximum atomic E-state index is 12.9. The number of nitro groups is 1. The standard InChI is InChI=1S/C20H23N3O5S/c1-13-5-8-16(23(25)26)12-18(13)29(27,28)21-15-7-6-14-9-10-22(17(14)11-15)19(24)20(2,3)4/h5-8,11-12,21H,9-10H2,1-4H3. The summed E-state index contributed by atoms with van der Waals surface area (Å²) >= 11 is 0. The van der Waals surface area contributed by atoms with Gasteiger partial charge in [0.2, 0.25) is 5.91 Å². The summed E-state index contributed by atoms with van der Waals surface area (Å²) in [5, 5.41) is 11.0. The van der Waals surface area contributed by atoms with Gasteiger partial charge in [-0.25, -0.2) is 8.42 Å². The smallest absolute Gasteiger partial charge is 0.270 e. The van der Waals surface area contributed by atoms with Crippen molar-refractivity contribution in [2.24, 2.45) is 5.41 Å². The van der Waals surface area contributed by atoms with Crippen LogP contribution in [0.15, 0.2) is 41.3 Å². The molecule has 154 valence electrons. The maximum absolute atomic E-state index is 12.9. The minimum atomic E-state index is -4.04. The quantitative estimate of drug-likeness (QED) is 0.603. The molecule has 8 nitrogen and oxygen atoms in total. The minimum absolute atomic E-state index is 0.0363. The Bertz CT molecular complexity index is 1100. The first kappa shape index (κ1) is 20.8. The molecule has 0 saturated carbocycles. The van der Waals surface area contributed by atoms with Crippen molar-refractivity contribution in [3.63, 3.8) is 0 Å². The third kappa shape index (κ3) is 4.09. The average Bonchev–Trinajstić information content (AvgIpc) is 3.02. The molecule has 1 aliphatic heterocycles. The maximum Gasteiger partial charge on any atom is 0.270 e. The van der Waals surface area contributed by atoms with Gasteiger partial charge in [0, 0.05) is 29.8 Å². The van der Waals surface area contributed by atoms with E-state index in [1.54, 1.807) is 30.0 Å². The second-order valence-corrected chi connectivity index (χ2v) is 9.76. The van der Waals surface area contributed by atoms with Crippen LogP contribution in [-0.2, 0) is 21.2 Å². The van der Waals surface area contributed by atoms with E-state index in [1.807, 2.05) is 20.8 Å². The summed E-state index contributed by atoms with van der Waals surface area (Å²) in [6.07, 6.45) is 0.703. The molecule has 3 rings (SSSR count). The molecule has 0 bridgehead atoms. The molecule has 1 amide bonds. The number of aryl methyl sites for hydroxylation is 1. The molecule has 1 N–H and O–H groups in total. The van der Waals surface area contributed by atoms with Crippen LogP contribution in [0.5, 0.6) is 0 Å². The summed E-state index contributed by atoms with van der Waals surface area (Å²) in [4.78, 5) is 24.6. The molecule has 0 saturated heterocycles. The molecular weight excluding hydrogens is 394 g/mol. The van der Waals surface area contributed by atoms with E-state index in [1.165, 1.54) is 12.1 Å². The molecule has 0 atom stereocenters. The number of carbonyl (C=O) groups excluding carboxylic acids is 1. The summed E-state index contributed by atoms with van der Waals surface area (Å²) in [6.45, 7) is 7.64. The van der Waals surface area contributed by atoms with Crippen LogP contribution < -0.4 is 9.62 Å². The van der Waals surface area contributed by atoms with Crippen molar-refractivity contribution in [3.05, 3.63) is 57.6 Å². The van der Waals surface area contributed by atoms with E-state index < -0.39 is 20.4 Å². The van der Waals surface area contributed by atoms with Crippen molar-refractivity contribution in [2.45, 2.75) is 39.0 Å². The highest BCUT2D eigenvalue weighted by molar-refractivity contribution is 7.92. The van der Waals surface area contributed by atoms with Crippen LogP contribution in [0.3, 0.4) is 0 Å². The van der Waals surface area contributed by atoms with Crippen LogP contribution in [0, 0.1) is 22.5 Å². The Labute approximate surface area is 169 Å². The first-order valence-corrected chi connectivity index (χ1v) is 10.6. The number of anilines is 2. The van der Waals surface area contributed by atoms with E-state index in [-0.39, 0.29) is 16.5 Å². The number of nitrogens with one attached hydrogen (secondary N) is 1. The molecule has 0 radical (unpaired) electrons.